The number of hydrogen-bond donors (Lipinski definition) is 2. The van der Waals surface area contributed by atoms with Crippen molar-refractivity contribution >= 4 is 21.7 Å². The molecular formula is C11H16BrN3. The lowest BCUT2D eigenvalue weighted by Gasteiger charge is -2.11. The van der Waals surface area contributed by atoms with Crippen LogP contribution in [-0.2, 0) is 0 Å². The fourth-order valence-electron chi connectivity index (χ4n) is 1.77. The van der Waals surface area contributed by atoms with Gasteiger partial charge in [-0.25, -0.2) is 4.98 Å². The minimum atomic E-state index is 0.746. The molecule has 3 nitrogen and oxygen atoms in total. The summed E-state index contributed by atoms with van der Waals surface area (Å²) in [7, 11) is 0. The van der Waals surface area contributed by atoms with Crippen LogP contribution in [0.3, 0.4) is 0 Å². The van der Waals surface area contributed by atoms with Crippen LogP contribution in [0.1, 0.15) is 12.0 Å². The van der Waals surface area contributed by atoms with E-state index >= 15 is 0 Å². The lowest BCUT2D eigenvalue weighted by molar-refractivity contribution is 0.614. The van der Waals surface area contributed by atoms with Crippen LogP contribution >= 0.6 is 15.9 Å². The monoisotopic (exact) mass is 269 g/mol. The molecule has 82 valence electrons. The highest BCUT2D eigenvalue weighted by Gasteiger charge is 2.13. The normalized spacial score (nSPS) is 20.5. The Morgan fingerprint density at radius 3 is 3.20 bits per heavy atom. The molecular weight excluding hydrogens is 254 g/mol. The van der Waals surface area contributed by atoms with Crippen LogP contribution in [0.15, 0.2) is 16.7 Å². The number of nitrogens with one attached hydrogen (secondary N) is 2. The molecule has 0 bridgehead atoms. The van der Waals surface area contributed by atoms with E-state index in [0.29, 0.717) is 0 Å². The highest BCUT2D eigenvalue weighted by Crippen LogP contribution is 2.17. The Morgan fingerprint density at radius 1 is 1.67 bits per heavy atom. The third-order valence-electron chi connectivity index (χ3n) is 2.78. The van der Waals surface area contributed by atoms with Gasteiger partial charge >= 0.3 is 0 Å². The van der Waals surface area contributed by atoms with Crippen molar-refractivity contribution in [1.29, 1.82) is 0 Å². The van der Waals surface area contributed by atoms with E-state index < -0.39 is 0 Å². The van der Waals surface area contributed by atoms with Crippen molar-refractivity contribution in [2.75, 3.05) is 25.0 Å². The number of aryl methyl sites for hydroxylation is 1. The van der Waals surface area contributed by atoms with Gasteiger partial charge in [-0.15, -0.1) is 0 Å². The first kappa shape index (κ1) is 10.9. The summed E-state index contributed by atoms with van der Waals surface area (Å²) in [5.41, 5.74) is 1.22. The van der Waals surface area contributed by atoms with Crippen LogP contribution in [0, 0.1) is 12.8 Å². The largest absolute Gasteiger partial charge is 0.370 e. The van der Waals surface area contributed by atoms with Crippen LogP contribution < -0.4 is 10.6 Å². The van der Waals surface area contributed by atoms with Crippen LogP contribution in [0.4, 0.5) is 5.82 Å². The lowest BCUT2D eigenvalue weighted by Crippen LogP contribution is -2.17. The quantitative estimate of drug-likeness (QED) is 0.884. The minimum Gasteiger partial charge on any atom is -0.370 e. The van der Waals surface area contributed by atoms with Crippen molar-refractivity contribution in [2.24, 2.45) is 5.92 Å². The fourth-order valence-corrected chi connectivity index (χ4v) is 1.99. The van der Waals surface area contributed by atoms with Crippen molar-refractivity contribution in [3.63, 3.8) is 0 Å². The van der Waals surface area contributed by atoms with E-state index in [1.54, 1.807) is 0 Å². The fraction of sp³-hybridized carbons (Fsp3) is 0.545. The lowest BCUT2D eigenvalue weighted by atomic mass is 10.1. The summed E-state index contributed by atoms with van der Waals surface area (Å²) in [5, 5.41) is 6.74. The molecule has 1 fully saturated rings. The second-order valence-electron chi connectivity index (χ2n) is 4.06. The summed E-state index contributed by atoms with van der Waals surface area (Å²) in [6, 6.07) is 2.08. The SMILES string of the molecule is Cc1cc(NCC2CCNC2)ncc1Br. The van der Waals surface area contributed by atoms with Crippen LogP contribution in [0.2, 0.25) is 0 Å². The van der Waals surface area contributed by atoms with Crippen molar-refractivity contribution in [3.05, 3.63) is 22.3 Å². The molecule has 0 aliphatic carbocycles. The summed E-state index contributed by atoms with van der Waals surface area (Å²) < 4.78 is 1.07. The van der Waals surface area contributed by atoms with E-state index in [0.717, 1.165) is 35.8 Å². The number of nitrogens with zero attached hydrogens (tertiary/aromatic N) is 1. The number of anilines is 1. The van der Waals surface area contributed by atoms with E-state index in [9.17, 15) is 0 Å². The van der Waals surface area contributed by atoms with Crippen molar-refractivity contribution in [3.8, 4) is 0 Å². The minimum absolute atomic E-state index is 0.746. The third kappa shape index (κ3) is 2.92. The Kier molecular flexibility index (Phi) is 3.59. The van der Waals surface area contributed by atoms with Gasteiger partial charge in [0.05, 0.1) is 0 Å². The number of rotatable bonds is 3. The molecule has 0 spiro atoms. The van der Waals surface area contributed by atoms with Gasteiger partial charge in [0.25, 0.3) is 0 Å². The van der Waals surface area contributed by atoms with Crippen molar-refractivity contribution in [1.82, 2.24) is 10.3 Å². The molecule has 1 saturated heterocycles. The van der Waals surface area contributed by atoms with Gasteiger partial charge in [-0.1, -0.05) is 0 Å². The molecule has 15 heavy (non-hydrogen) atoms. The first-order valence-corrected chi connectivity index (χ1v) is 6.12. The Hall–Kier alpha value is -0.610. The van der Waals surface area contributed by atoms with Crippen LogP contribution in [-0.4, -0.2) is 24.6 Å². The predicted molar refractivity (Wildman–Crippen MR) is 66.1 cm³/mol. The molecule has 4 heteroatoms. The molecule has 1 aromatic rings. The molecule has 2 N–H and O–H groups in total. The van der Waals surface area contributed by atoms with Gasteiger partial charge in [-0.3, -0.25) is 0 Å². The maximum Gasteiger partial charge on any atom is 0.126 e. The Morgan fingerprint density at radius 2 is 2.53 bits per heavy atom. The van der Waals surface area contributed by atoms with Gasteiger partial charge in [0, 0.05) is 17.2 Å². The summed E-state index contributed by atoms with van der Waals surface area (Å²) in [5.74, 6) is 1.72. The second-order valence-corrected chi connectivity index (χ2v) is 4.91. The zero-order valence-electron chi connectivity index (χ0n) is 8.89. The summed E-state index contributed by atoms with van der Waals surface area (Å²) in [4.78, 5) is 4.32. The number of aromatic nitrogens is 1. The van der Waals surface area contributed by atoms with Gasteiger partial charge < -0.3 is 10.6 Å². The first-order chi connectivity index (χ1) is 7.25. The zero-order valence-corrected chi connectivity index (χ0v) is 10.5. The molecule has 2 heterocycles. The van der Waals surface area contributed by atoms with Gasteiger partial charge in [0.2, 0.25) is 0 Å². The third-order valence-corrected chi connectivity index (χ3v) is 3.61. The second kappa shape index (κ2) is 4.94. The summed E-state index contributed by atoms with van der Waals surface area (Å²) >= 11 is 3.45. The zero-order chi connectivity index (χ0) is 10.7. The summed E-state index contributed by atoms with van der Waals surface area (Å²) in [6.45, 7) is 5.37. The smallest absolute Gasteiger partial charge is 0.126 e. The van der Waals surface area contributed by atoms with Gasteiger partial charge in [0.1, 0.15) is 5.82 Å². The maximum absolute atomic E-state index is 4.32. The molecule has 1 aromatic heterocycles. The van der Waals surface area contributed by atoms with Gasteiger partial charge in [0.15, 0.2) is 0 Å². The van der Waals surface area contributed by atoms with Gasteiger partial charge in [-0.2, -0.15) is 0 Å². The van der Waals surface area contributed by atoms with E-state index in [-0.39, 0.29) is 0 Å². The van der Waals surface area contributed by atoms with Crippen LogP contribution in [0.5, 0.6) is 0 Å². The van der Waals surface area contributed by atoms with Crippen molar-refractivity contribution < 1.29 is 0 Å². The topological polar surface area (TPSA) is 37.0 Å². The summed E-state index contributed by atoms with van der Waals surface area (Å²) in [6.07, 6.45) is 3.12. The van der Waals surface area contributed by atoms with Crippen molar-refractivity contribution in [2.45, 2.75) is 13.3 Å². The highest BCUT2D eigenvalue weighted by atomic mass is 79.9. The standard InChI is InChI=1S/C11H16BrN3/c1-8-4-11(15-7-10(8)12)14-6-9-2-3-13-5-9/h4,7,9,13H,2-3,5-6H2,1H3,(H,14,15). The molecule has 0 aromatic carbocycles. The maximum atomic E-state index is 4.32. The average molecular weight is 270 g/mol. The highest BCUT2D eigenvalue weighted by molar-refractivity contribution is 9.10. The van der Waals surface area contributed by atoms with E-state index in [4.69, 9.17) is 0 Å². The predicted octanol–water partition coefficient (Wildman–Crippen LogP) is 2.17. The number of halogens is 1. The molecule has 1 unspecified atom stereocenters. The van der Waals surface area contributed by atoms with Gasteiger partial charge in [-0.05, 0) is 59.9 Å². The molecule has 1 atom stereocenters. The molecule has 0 saturated carbocycles. The average Bonchev–Trinajstić information content (AvgIpc) is 2.73. The van der Waals surface area contributed by atoms with E-state index in [2.05, 4.69) is 44.5 Å². The Bertz CT molecular complexity index is 335. The first-order valence-electron chi connectivity index (χ1n) is 5.32. The molecule has 2 rings (SSSR count). The van der Waals surface area contributed by atoms with E-state index in [1.807, 2.05) is 6.20 Å². The molecule has 1 aliphatic rings. The Labute approximate surface area is 98.8 Å². The molecule has 0 radical (unpaired) electrons. The number of pyridine rings is 1. The number of hydrogen-bond acceptors (Lipinski definition) is 3. The van der Waals surface area contributed by atoms with Crippen LogP contribution in [0.25, 0.3) is 0 Å². The Balaban J connectivity index is 1.90. The van der Waals surface area contributed by atoms with E-state index in [1.165, 1.54) is 12.0 Å². The molecule has 0 amide bonds. The molecule has 1 aliphatic heterocycles.